The third-order valence-electron chi connectivity index (χ3n) is 1.89. The van der Waals surface area contributed by atoms with E-state index in [9.17, 15) is 4.79 Å². The first kappa shape index (κ1) is 12.0. The highest BCUT2D eigenvalue weighted by Gasteiger charge is 2.04. The van der Waals surface area contributed by atoms with Crippen molar-refractivity contribution in [2.24, 2.45) is 11.5 Å². The molecule has 5 nitrogen and oxygen atoms in total. The number of ether oxygens (including phenoxy) is 1. The summed E-state index contributed by atoms with van der Waals surface area (Å²) in [7, 11) is 0. The number of guanidine groups is 1. The van der Waals surface area contributed by atoms with Gasteiger partial charge in [0, 0.05) is 6.42 Å². The summed E-state index contributed by atoms with van der Waals surface area (Å²) in [6, 6.07) is 8.86. The van der Waals surface area contributed by atoms with Crippen LogP contribution in [0.5, 0.6) is 0 Å². The highest BCUT2D eigenvalue weighted by molar-refractivity contribution is 5.89. The lowest BCUT2D eigenvalue weighted by Gasteiger charge is -2.02. The van der Waals surface area contributed by atoms with Crippen LogP contribution in [0.2, 0.25) is 0 Å². The van der Waals surface area contributed by atoms with Gasteiger partial charge in [0.25, 0.3) is 0 Å². The van der Waals surface area contributed by atoms with Gasteiger partial charge in [0.2, 0.25) is 0 Å². The summed E-state index contributed by atoms with van der Waals surface area (Å²) in [6.07, 6.45) is 0.663. The number of esters is 1. The molecule has 0 atom stereocenters. The number of hydrogen-bond acceptors (Lipinski definition) is 2. The Morgan fingerprint density at radius 1 is 1.25 bits per heavy atom. The third-order valence-corrected chi connectivity index (χ3v) is 1.89. The molecule has 0 heterocycles. The molecule has 0 amide bonds. The van der Waals surface area contributed by atoms with Gasteiger partial charge in [-0.1, -0.05) is 18.2 Å². The van der Waals surface area contributed by atoms with E-state index >= 15 is 0 Å². The molecule has 86 valence electrons. The first-order chi connectivity index (χ1) is 7.70. The van der Waals surface area contributed by atoms with Gasteiger partial charge in [-0.3, -0.25) is 16.5 Å². The van der Waals surface area contributed by atoms with Gasteiger partial charge in [-0.05, 0) is 12.1 Å². The van der Waals surface area contributed by atoms with Gasteiger partial charge in [-0.2, -0.15) is 0 Å². The second kappa shape index (κ2) is 6.44. The van der Waals surface area contributed by atoms with Gasteiger partial charge >= 0.3 is 11.9 Å². The average molecular weight is 222 g/mol. The molecule has 5 heteroatoms. The van der Waals surface area contributed by atoms with E-state index in [-0.39, 0.29) is 11.9 Å². The van der Waals surface area contributed by atoms with Crippen LogP contribution >= 0.6 is 0 Å². The second-order valence-corrected chi connectivity index (χ2v) is 3.24. The van der Waals surface area contributed by atoms with Crippen molar-refractivity contribution in [1.29, 1.82) is 0 Å². The van der Waals surface area contributed by atoms with Gasteiger partial charge < -0.3 is 4.74 Å². The van der Waals surface area contributed by atoms with E-state index in [4.69, 9.17) is 16.2 Å². The number of rotatable bonds is 5. The first-order valence-electron chi connectivity index (χ1n) is 5.04. The number of carbonyl (C=O) groups excluding carboxylic acids is 1. The van der Waals surface area contributed by atoms with Crippen molar-refractivity contribution in [3.63, 3.8) is 0 Å². The minimum atomic E-state index is -0.315. The zero-order valence-electron chi connectivity index (χ0n) is 8.98. The van der Waals surface area contributed by atoms with Crippen LogP contribution in [-0.2, 0) is 4.74 Å². The summed E-state index contributed by atoms with van der Waals surface area (Å²) in [5, 5.41) is 0. The van der Waals surface area contributed by atoms with Crippen LogP contribution in [0.1, 0.15) is 16.8 Å². The Hall–Kier alpha value is -2.04. The molecule has 0 fully saturated rings. The van der Waals surface area contributed by atoms with Crippen molar-refractivity contribution in [1.82, 2.24) is 0 Å². The van der Waals surface area contributed by atoms with Gasteiger partial charge in [0.05, 0.1) is 18.7 Å². The van der Waals surface area contributed by atoms with E-state index in [0.29, 0.717) is 25.1 Å². The molecule has 0 aliphatic carbocycles. The fourth-order valence-corrected chi connectivity index (χ4v) is 1.13. The molecule has 0 aliphatic rings. The van der Waals surface area contributed by atoms with E-state index in [1.807, 2.05) is 6.07 Å². The summed E-state index contributed by atoms with van der Waals surface area (Å²) < 4.78 is 5.04. The van der Waals surface area contributed by atoms with Crippen LogP contribution in [-0.4, -0.2) is 25.1 Å². The van der Waals surface area contributed by atoms with Gasteiger partial charge in [-0.25, -0.2) is 4.79 Å². The Kier molecular flexibility index (Phi) is 4.85. The standard InChI is InChI=1S/C11H15N3O2/c12-11(13)14-7-4-8-16-10(15)9-5-2-1-3-6-9/h1-3,5-6H,4,7-8H2,(H4,12,13,14)/p+1. The van der Waals surface area contributed by atoms with Gasteiger partial charge in [0.15, 0.2) is 0 Å². The largest absolute Gasteiger partial charge is 0.462 e. The quantitative estimate of drug-likeness (QED) is 0.247. The Bertz CT molecular complexity index is 359. The lowest BCUT2D eigenvalue weighted by atomic mass is 10.2. The normalized spacial score (nSPS) is 9.50. The predicted octanol–water partition coefficient (Wildman–Crippen LogP) is -1.41. The Morgan fingerprint density at radius 2 is 1.94 bits per heavy atom. The lowest BCUT2D eigenvalue weighted by molar-refractivity contribution is -0.460. The fraction of sp³-hybridized carbons (Fsp3) is 0.273. The summed E-state index contributed by atoms with van der Waals surface area (Å²) >= 11 is 0. The molecule has 1 rings (SSSR count). The summed E-state index contributed by atoms with van der Waals surface area (Å²) in [5.74, 6) is -0.139. The topological polar surface area (TPSA) is 92.3 Å². The minimum Gasteiger partial charge on any atom is -0.462 e. The van der Waals surface area contributed by atoms with Crippen molar-refractivity contribution in [3.05, 3.63) is 35.9 Å². The minimum absolute atomic E-state index is 0.175. The monoisotopic (exact) mass is 222 g/mol. The maximum absolute atomic E-state index is 11.4. The van der Waals surface area contributed by atoms with Crippen LogP contribution in [0.3, 0.4) is 0 Å². The lowest BCUT2D eigenvalue weighted by Crippen LogP contribution is -2.78. The van der Waals surface area contributed by atoms with E-state index in [1.54, 1.807) is 24.3 Å². The molecule has 0 radical (unpaired) electrons. The van der Waals surface area contributed by atoms with Crippen LogP contribution in [0.4, 0.5) is 0 Å². The molecule has 1 aromatic rings. The molecular formula is C11H16N3O2+. The van der Waals surface area contributed by atoms with E-state index < -0.39 is 0 Å². The number of nitrogens with two attached hydrogens (primary N) is 2. The predicted molar refractivity (Wildman–Crippen MR) is 60.6 cm³/mol. The maximum Gasteiger partial charge on any atom is 0.338 e. The summed E-state index contributed by atoms with van der Waals surface area (Å²) in [6.45, 7) is 0.929. The number of benzene rings is 1. The highest BCUT2D eigenvalue weighted by Crippen LogP contribution is 2.00. The Morgan fingerprint density at radius 3 is 2.56 bits per heavy atom. The molecule has 1 aromatic carbocycles. The van der Waals surface area contributed by atoms with Crippen molar-refractivity contribution in [2.45, 2.75) is 6.42 Å². The smallest absolute Gasteiger partial charge is 0.338 e. The van der Waals surface area contributed by atoms with Crippen LogP contribution in [0.15, 0.2) is 30.3 Å². The third kappa shape index (κ3) is 4.45. The van der Waals surface area contributed by atoms with E-state index in [1.165, 1.54) is 0 Å². The molecule has 0 aromatic heterocycles. The number of hydrogen-bond donors (Lipinski definition) is 3. The van der Waals surface area contributed by atoms with E-state index in [0.717, 1.165) is 0 Å². The Labute approximate surface area is 94.1 Å². The molecule has 5 N–H and O–H groups in total. The maximum atomic E-state index is 11.4. The molecule has 0 saturated carbocycles. The number of nitrogens with one attached hydrogen (secondary N) is 1. The highest BCUT2D eigenvalue weighted by atomic mass is 16.5. The molecular weight excluding hydrogens is 206 g/mol. The number of carbonyl (C=O) groups is 1. The molecule has 0 bridgehead atoms. The van der Waals surface area contributed by atoms with Gasteiger partial charge in [0.1, 0.15) is 0 Å². The molecule has 16 heavy (non-hydrogen) atoms. The van der Waals surface area contributed by atoms with E-state index in [2.05, 4.69) is 4.99 Å². The Balaban J connectivity index is 2.24. The first-order valence-corrected chi connectivity index (χ1v) is 5.04. The van der Waals surface area contributed by atoms with Crippen LogP contribution in [0.25, 0.3) is 0 Å². The van der Waals surface area contributed by atoms with Gasteiger partial charge in [-0.15, -0.1) is 0 Å². The zero-order valence-corrected chi connectivity index (χ0v) is 8.98. The van der Waals surface area contributed by atoms with Crippen LogP contribution < -0.4 is 16.5 Å². The van der Waals surface area contributed by atoms with Crippen molar-refractivity contribution in [2.75, 3.05) is 13.2 Å². The molecule has 0 spiro atoms. The second-order valence-electron chi connectivity index (χ2n) is 3.24. The summed E-state index contributed by atoms with van der Waals surface area (Å²) in [4.78, 5) is 14.2. The van der Waals surface area contributed by atoms with Crippen molar-refractivity contribution in [3.8, 4) is 0 Å². The molecule has 0 aliphatic heterocycles. The average Bonchev–Trinajstić information content (AvgIpc) is 2.29. The summed E-state index contributed by atoms with van der Waals surface area (Å²) in [5.41, 5.74) is 11.0. The van der Waals surface area contributed by atoms with Crippen LogP contribution in [0, 0.1) is 0 Å². The van der Waals surface area contributed by atoms with Crippen molar-refractivity contribution < 1.29 is 14.5 Å². The SMILES string of the molecule is NC(N)=[NH+]CCCOC(=O)c1ccccc1. The molecule has 0 unspecified atom stereocenters. The fourth-order valence-electron chi connectivity index (χ4n) is 1.13. The molecule has 0 saturated heterocycles. The zero-order chi connectivity index (χ0) is 11.8. The van der Waals surface area contributed by atoms with Crippen molar-refractivity contribution >= 4 is 11.9 Å².